The fraction of sp³-hybridized carbons (Fsp3) is 0.263. The third kappa shape index (κ3) is 7.92. The maximum absolute atomic E-state index is 12.5. The minimum Gasteiger partial charge on any atom is -0.507 e. The van der Waals surface area contributed by atoms with Gasteiger partial charge in [-0.2, -0.15) is 0 Å². The van der Waals surface area contributed by atoms with Gasteiger partial charge in [0.25, 0.3) is 0 Å². The van der Waals surface area contributed by atoms with Gasteiger partial charge in [0.2, 0.25) is 0 Å². The zero-order valence-electron chi connectivity index (χ0n) is 40.5. The second-order valence-corrected chi connectivity index (χ2v) is 19.7. The number of aryl methyl sites for hydroxylation is 3. The van der Waals surface area contributed by atoms with Gasteiger partial charge in [-0.05, 0) is 130 Å². The van der Waals surface area contributed by atoms with Crippen LogP contribution in [0, 0.1) is 20.7 Å². The molecular weight excluding hydrogens is 743 g/mol. The molecule has 4 nitrogen and oxygen atoms in total. The van der Waals surface area contributed by atoms with Crippen molar-refractivity contribution in [3.05, 3.63) is 167 Å². The van der Waals surface area contributed by atoms with Gasteiger partial charge in [-0.25, -0.2) is 4.98 Å². The van der Waals surface area contributed by atoms with Crippen molar-refractivity contribution < 1.29 is 9.22 Å². The third-order valence-corrected chi connectivity index (χ3v) is 12.0. The highest BCUT2D eigenvalue weighted by atomic mass is 16.3. The highest BCUT2D eigenvalue weighted by Crippen LogP contribution is 2.46. The molecule has 8 aromatic rings. The fourth-order valence-electron chi connectivity index (χ4n) is 8.52. The van der Waals surface area contributed by atoms with Crippen LogP contribution in [-0.4, -0.2) is 19.6 Å². The number of nitrogens with zero attached hydrogens (tertiary/aromatic N) is 3. The Kier molecular flexibility index (Phi) is 9.48. The van der Waals surface area contributed by atoms with Gasteiger partial charge in [-0.15, -0.1) is 0 Å². The van der Waals surface area contributed by atoms with Gasteiger partial charge in [-0.3, -0.25) is 9.55 Å². The highest BCUT2D eigenvalue weighted by Gasteiger charge is 2.29. The van der Waals surface area contributed by atoms with E-state index in [1.807, 2.05) is 42.6 Å². The summed E-state index contributed by atoms with van der Waals surface area (Å²) in [6.07, 6.45) is 1.90. The molecule has 6 aromatic carbocycles. The Morgan fingerprint density at radius 2 is 1.23 bits per heavy atom. The van der Waals surface area contributed by atoms with Crippen LogP contribution in [0.2, 0.25) is 0 Å². The number of aromatic nitrogens is 3. The van der Waals surface area contributed by atoms with Crippen LogP contribution in [0.5, 0.6) is 5.75 Å². The van der Waals surface area contributed by atoms with E-state index < -0.39 is 6.85 Å². The van der Waals surface area contributed by atoms with Gasteiger partial charge in [0, 0.05) is 32.6 Å². The number of phenolic OH excluding ortho intramolecular Hbond substituents is 1. The van der Waals surface area contributed by atoms with Gasteiger partial charge in [0.1, 0.15) is 11.6 Å². The van der Waals surface area contributed by atoms with E-state index in [2.05, 4.69) is 160 Å². The van der Waals surface area contributed by atoms with E-state index in [-0.39, 0.29) is 27.6 Å². The number of phenols is 1. The molecule has 0 aliphatic carbocycles. The summed E-state index contributed by atoms with van der Waals surface area (Å²) in [5.41, 5.74) is 15.6. The van der Waals surface area contributed by atoms with Crippen molar-refractivity contribution in [2.45, 2.75) is 99.3 Å². The number of para-hydroxylation sites is 1. The first-order valence-corrected chi connectivity index (χ1v) is 21.3. The Bertz CT molecular complexity index is 3040. The molecule has 0 amide bonds. The molecule has 4 heteroatoms. The van der Waals surface area contributed by atoms with Crippen molar-refractivity contribution in [3.63, 3.8) is 0 Å². The van der Waals surface area contributed by atoms with Gasteiger partial charge in [-0.1, -0.05) is 147 Å². The number of fused-ring (bicyclic) bond motifs is 1. The van der Waals surface area contributed by atoms with E-state index >= 15 is 0 Å². The summed E-state index contributed by atoms with van der Waals surface area (Å²) in [7, 11) is 0. The van der Waals surface area contributed by atoms with E-state index in [1.54, 1.807) is 12.1 Å². The molecule has 2 heterocycles. The van der Waals surface area contributed by atoms with Crippen LogP contribution in [0.15, 0.2) is 134 Å². The largest absolute Gasteiger partial charge is 0.507 e. The Morgan fingerprint density at radius 1 is 0.557 bits per heavy atom. The molecule has 0 saturated heterocycles. The van der Waals surface area contributed by atoms with Crippen molar-refractivity contribution >= 4 is 11.0 Å². The minimum atomic E-state index is -2.32. The predicted octanol–water partition coefficient (Wildman–Crippen LogP) is 15.3. The maximum atomic E-state index is 12.5. The van der Waals surface area contributed by atoms with E-state index in [4.69, 9.17) is 14.1 Å². The average Bonchev–Trinajstić information content (AvgIpc) is 3.62. The predicted molar refractivity (Wildman–Crippen MR) is 258 cm³/mol. The molecule has 61 heavy (non-hydrogen) atoms. The lowest BCUT2D eigenvalue weighted by Gasteiger charge is -2.27. The summed E-state index contributed by atoms with van der Waals surface area (Å²) in [6.45, 7) is 21.6. The third-order valence-electron chi connectivity index (χ3n) is 12.0. The summed E-state index contributed by atoms with van der Waals surface area (Å²) < 4.78 is 27.3. The molecule has 0 aliphatic rings. The summed E-state index contributed by atoms with van der Waals surface area (Å²) in [4.78, 5) is 10.5. The number of hydrogen-bond acceptors (Lipinski definition) is 3. The van der Waals surface area contributed by atoms with Crippen molar-refractivity contribution in [1.29, 1.82) is 0 Å². The van der Waals surface area contributed by atoms with Crippen LogP contribution < -0.4 is 0 Å². The monoisotopic (exact) mass is 804 g/mol. The smallest absolute Gasteiger partial charge is 0.149 e. The Hall–Kier alpha value is -6.26. The first kappa shape index (κ1) is 37.7. The fourth-order valence-corrected chi connectivity index (χ4v) is 8.52. The summed E-state index contributed by atoms with van der Waals surface area (Å²) in [6, 6.07) is 43.2. The minimum absolute atomic E-state index is 0.172. The van der Waals surface area contributed by atoms with E-state index in [0.29, 0.717) is 11.4 Å². The second-order valence-electron chi connectivity index (χ2n) is 19.7. The number of imidazole rings is 1. The summed E-state index contributed by atoms with van der Waals surface area (Å²) in [5, 5.41) is 12.5. The number of pyridine rings is 1. The molecule has 0 radical (unpaired) electrons. The number of hydrogen-bond donors (Lipinski definition) is 1. The van der Waals surface area contributed by atoms with Crippen LogP contribution in [-0.2, 0) is 16.2 Å². The number of benzene rings is 6. The second kappa shape index (κ2) is 15.3. The van der Waals surface area contributed by atoms with Crippen LogP contribution in [0.25, 0.3) is 72.7 Å². The zero-order chi connectivity index (χ0) is 46.1. The Labute approximate surface area is 367 Å². The summed E-state index contributed by atoms with van der Waals surface area (Å²) >= 11 is 0. The molecule has 0 bridgehead atoms. The van der Waals surface area contributed by atoms with Crippen LogP contribution in [0.1, 0.15) is 99.8 Å². The van der Waals surface area contributed by atoms with Crippen LogP contribution >= 0.6 is 0 Å². The van der Waals surface area contributed by atoms with Gasteiger partial charge < -0.3 is 5.11 Å². The molecule has 0 unspecified atom stereocenters. The van der Waals surface area contributed by atoms with E-state index in [0.717, 1.165) is 72.5 Å². The molecule has 308 valence electrons. The molecule has 8 rings (SSSR count). The van der Waals surface area contributed by atoms with Gasteiger partial charge in [0.15, 0.2) is 0 Å². The zero-order valence-corrected chi connectivity index (χ0v) is 37.5. The molecule has 0 saturated carbocycles. The number of rotatable bonds is 6. The van der Waals surface area contributed by atoms with Crippen LogP contribution in [0.3, 0.4) is 0 Å². The van der Waals surface area contributed by atoms with Gasteiger partial charge in [0.05, 0.1) is 28.0 Å². The molecule has 0 fully saturated rings. The lowest BCUT2D eigenvalue weighted by atomic mass is 9.79. The lowest BCUT2D eigenvalue weighted by Crippen LogP contribution is -2.17. The molecule has 0 atom stereocenters. The highest BCUT2D eigenvalue weighted by molar-refractivity contribution is 5.98. The molecule has 0 spiro atoms. The SMILES string of the molecule is [2H]C([2H])([2H])c1ccc(-n2c(-c3cc(C(C)(C)C)cc(C(C)(C)C)c3O)nc3c(-c4cc(-c5cc(-c6c(C)cccc6C)ccn5)cc(C(C)(C)C)c4)cccc32)c(-c2ccccc2)c1. The Balaban J connectivity index is 1.46. The van der Waals surface area contributed by atoms with Crippen molar-refractivity contribution in [2.24, 2.45) is 0 Å². The van der Waals surface area contributed by atoms with Crippen molar-refractivity contribution in [1.82, 2.24) is 14.5 Å². The van der Waals surface area contributed by atoms with E-state index in [1.165, 1.54) is 16.7 Å². The number of aromatic hydroxyl groups is 1. The molecular formula is C57H59N3O. The Morgan fingerprint density at radius 3 is 1.90 bits per heavy atom. The van der Waals surface area contributed by atoms with Crippen molar-refractivity contribution in [3.8, 4) is 67.5 Å². The normalized spacial score (nSPS) is 13.3. The maximum Gasteiger partial charge on any atom is 0.149 e. The van der Waals surface area contributed by atoms with Crippen molar-refractivity contribution in [2.75, 3.05) is 0 Å². The van der Waals surface area contributed by atoms with E-state index in [9.17, 15) is 5.11 Å². The summed E-state index contributed by atoms with van der Waals surface area (Å²) in [5.74, 6) is 0.733. The lowest BCUT2D eigenvalue weighted by molar-refractivity contribution is 0.446. The molecule has 1 N–H and O–H groups in total. The van der Waals surface area contributed by atoms with Crippen LogP contribution in [0.4, 0.5) is 0 Å². The quantitative estimate of drug-likeness (QED) is 0.182. The molecule has 0 aliphatic heterocycles. The first-order chi connectivity index (χ1) is 30.0. The standard InChI is InChI=1S/C57H59N3O/c1-35-24-25-49(45(28-35)38-20-14-13-15-21-38)60-50-23-17-22-44(52(50)59-54(60)46-33-43(56(7,8)9)34-47(53(46)61)57(10,11)12)40-29-41(31-42(30-40)55(4,5)6)48-32-39(26-27-58-48)51-36(2)18-16-19-37(51)3/h13-34,61H,1-12H3/i1D3. The molecule has 2 aromatic heterocycles. The first-order valence-electron chi connectivity index (χ1n) is 22.8. The topological polar surface area (TPSA) is 50.9 Å². The average molecular weight is 805 g/mol. The van der Waals surface area contributed by atoms with Gasteiger partial charge >= 0.3 is 0 Å².